The van der Waals surface area contributed by atoms with Crippen LogP contribution >= 0.6 is 0 Å². The van der Waals surface area contributed by atoms with Crippen molar-refractivity contribution < 1.29 is 14.4 Å². The summed E-state index contributed by atoms with van der Waals surface area (Å²) in [5.74, 6) is -0.819. The first-order valence-electron chi connectivity index (χ1n) is 10.5. The van der Waals surface area contributed by atoms with Crippen molar-refractivity contribution >= 4 is 17.7 Å². The number of benzene rings is 2. The minimum absolute atomic E-state index is 0.0763. The zero-order chi connectivity index (χ0) is 21.7. The molecule has 1 aliphatic rings. The van der Waals surface area contributed by atoms with E-state index in [-0.39, 0.29) is 36.7 Å². The Labute approximate surface area is 177 Å². The van der Waals surface area contributed by atoms with Gasteiger partial charge in [-0.05, 0) is 37.7 Å². The summed E-state index contributed by atoms with van der Waals surface area (Å²) >= 11 is 0. The van der Waals surface area contributed by atoms with Gasteiger partial charge in [0.15, 0.2) is 0 Å². The minimum Gasteiger partial charge on any atom is -0.354 e. The molecule has 0 radical (unpaired) electrons. The maximum atomic E-state index is 12.6. The van der Waals surface area contributed by atoms with Gasteiger partial charge in [-0.15, -0.1) is 0 Å². The quantitative estimate of drug-likeness (QED) is 0.648. The lowest BCUT2D eigenvalue weighted by Gasteiger charge is -2.30. The van der Waals surface area contributed by atoms with Crippen molar-refractivity contribution in [3.05, 3.63) is 70.8 Å². The van der Waals surface area contributed by atoms with Gasteiger partial charge in [0.05, 0.1) is 17.2 Å². The molecule has 0 saturated carbocycles. The molecule has 6 heteroatoms. The largest absolute Gasteiger partial charge is 0.354 e. The molecule has 2 aromatic carbocycles. The summed E-state index contributed by atoms with van der Waals surface area (Å²) in [6, 6.07) is 15.4. The van der Waals surface area contributed by atoms with Gasteiger partial charge in [-0.1, -0.05) is 55.8 Å². The third-order valence-corrected chi connectivity index (χ3v) is 5.62. The van der Waals surface area contributed by atoms with Gasteiger partial charge < -0.3 is 5.32 Å². The zero-order valence-corrected chi connectivity index (χ0v) is 17.9. The van der Waals surface area contributed by atoms with Crippen LogP contribution in [-0.2, 0) is 4.79 Å². The highest BCUT2D eigenvalue weighted by Crippen LogP contribution is 2.24. The molecule has 1 aliphatic heterocycles. The number of carbonyl (C=O) groups excluding carboxylic acids is 3. The number of imide groups is 1. The molecule has 0 aromatic heterocycles. The molecule has 1 N–H and O–H groups in total. The molecule has 0 saturated heterocycles. The molecular formula is C24H29N3O3. The molecule has 0 aliphatic carbocycles. The van der Waals surface area contributed by atoms with E-state index in [4.69, 9.17) is 0 Å². The Bertz CT molecular complexity index is 923. The standard InChI is InChI=1S/C24H29N3O3/c1-4-26(5-2)21(18-9-7-6-8-10-18)16-25-22(28)13-14-27-23(29)19-12-11-17(3)15-20(19)24(27)30/h6-12,15,21H,4-5,13-14,16H2,1-3H3,(H,25,28). The molecule has 1 heterocycles. The summed E-state index contributed by atoms with van der Waals surface area (Å²) < 4.78 is 0. The second-order valence-corrected chi connectivity index (χ2v) is 7.51. The SMILES string of the molecule is CCN(CC)C(CNC(=O)CCN1C(=O)c2ccc(C)cc2C1=O)c1ccccc1. The fraction of sp³-hybridized carbons (Fsp3) is 0.375. The first-order chi connectivity index (χ1) is 14.5. The van der Waals surface area contributed by atoms with E-state index < -0.39 is 0 Å². The number of fused-ring (bicyclic) bond motifs is 1. The first kappa shape index (κ1) is 21.7. The third-order valence-electron chi connectivity index (χ3n) is 5.62. The molecule has 0 fully saturated rings. The zero-order valence-electron chi connectivity index (χ0n) is 17.9. The molecule has 158 valence electrons. The van der Waals surface area contributed by atoms with Crippen molar-refractivity contribution in [1.82, 2.24) is 15.1 Å². The normalized spacial score (nSPS) is 14.2. The van der Waals surface area contributed by atoms with E-state index in [1.54, 1.807) is 12.1 Å². The summed E-state index contributed by atoms with van der Waals surface area (Å²) in [6.45, 7) is 8.40. The topological polar surface area (TPSA) is 69.7 Å². The fourth-order valence-corrected chi connectivity index (χ4v) is 3.92. The van der Waals surface area contributed by atoms with Gasteiger partial charge in [0.1, 0.15) is 0 Å². The number of nitrogens with one attached hydrogen (secondary N) is 1. The number of carbonyl (C=O) groups is 3. The fourth-order valence-electron chi connectivity index (χ4n) is 3.92. The summed E-state index contributed by atoms with van der Waals surface area (Å²) in [4.78, 5) is 41.0. The molecule has 1 atom stereocenters. The van der Waals surface area contributed by atoms with E-state index in [0.717, 1.165) is 24.2 Å². The van der Waals surface area contributed by atoms with Crippen molar-refractivity contribution in [2.75, 3.05) is 26.2 Å². The van der Waals surface area contributed by atoms with Crippen LogP contribution in [0.5, 0.6) is 0 Å². The van der Waals surface area contributed by atoms with E-state index in [1.807, 2.05) is 31.2 Å². The highest BCUT2D eigenvalue weighted by molar-refractivity contribution is 6.21. The number of rotatable bonds is 9. The molecule has 0 spiro atoms. The second-order valence-electron chi connectivity index (χ2n) is 7.51. The van der Waals surface area contributed by atoms with Crippen molar-refractivity contribution in [3.63, 3.8) is 0 Å². The molecule has 3 rings (SSSR count). The van der Waals surface area contributed by atoms with Gasteiger partial charge in [-0.25, -0.2) is 0 Å². The van der Waals surface area contributed by atoms with E-state index in [9.17, 15) is 14.4 Å². The Morgan fingerprint density at radius 2 is 1.67 bits per heavy atom. The number of nitrogens with zero attached hydrogens (tertiary/aromatic N) is 2. The van der Waals surface area contributed by atoms with Gasteiger partial charge >= 0.3 is 0 Å². The van der Waals surface area contributed by atoms with Crippen molar-refractivity contribution in [3.8, 4) is 0 Å². The third kappa shape index (κ3) is 4.60. The maximum Gasteiger partial charge on any atom is 0.261 e. The number of aryl methyl sites for hydroxylation is 1. The average Bonchev–Trinajstić information content (AvgIpc) is 2.99. The van der Waals surface area contributed by atoms with Gasteiger partial charge in [-0.2, -0.15) is 0 Å². The summed E-state index contributed by atoms with van der Waals surface area (Å²) in [6.07, 6.45) is 0.0875. The summed E-state index contributed by atoms with van der Waals surface area (Å²) in [7, 11) is 0. The molecule has 0 bridgehead atoms. The van der Waals surface area contributed by atoms with Gasteiger partial charge in [0, 0.05) is 19.5 Å². The lowest BCUT2D eigenvalue weighted by atomic mass is 10.1. The lowest BCUT2D eigenvalue weighted by Crippen LogP contribution is -2.39. The number of hydrogen-bond donors (Lipinski definition) is 1. The Morgan fingerprint density at radius 3 is 2.33 bits per heavy atom. The van der Waals surface area contributed by atoms with Crippen LogP contribution < -0.4 is 5.32 Å². The summed E-state index contributed by atoms with van der Waals surface area (Å²) in [5.41, 5.74) is 2.91. The van der Waals surface area contributed by atoms with Crippen LogP contribution in [0.4, 0.5) is 0 Å². The van der Waals surface area contributed by atoms with Crippen molar-refractivity contribution in [2.45, 2.75) is 33.2 Å². The molecule has 2 aromatic rings. The highest BCUT2D eigenvalue weighted by Gasteiger charge is 2.35. The molecule has 1 unspecified atom stereocenters. The van der Waals surface area contributed by atoms with E-state index in [2.05, 4.69) is 36.2 Å². The minimum atomic E-state index is -0.326. The van der Waals surface area contributed by atoms with Crippen molar-refractivity contribution in [2.24, 2.45) is 0 Å². The number of amides is 3. The Kier molecular flexibility index (Phi) is 7.00. The molecule has 3 amide bonds. The van der Waals surface area contributed by atoms with Crippen LogP contribution in [0.25, 0.3) is 0 Å². The Balaban J connectivity index is 1.59. The van der Waals surface area contributed by atoms with E-state index in [1.165, 1.54) is 4.90 Å². The number of likely N-dealkylation sites (N-methyl/N-ethyl adjacent to an activating group) is 1. The van der Waals surface area contributed by atoms with Crippen LogP contribution in [0.2, 0.25) is 0 Å². The van der Waals surface area contributed by atoms with Crippen molar-refractivity contribution in [1.29, 1.82) is 0 Å². The summed E-state index contributed by atoms with van der Waals surface area (Å²) in [5, 5.41) is 2.98. The maximum absolute atomic E-state index is 12.6. The van der Waals surface area contributed by atoms with Crippen LogP contribution in [0.3, 0.4) is 0 Å². The van der Waals surface area contributed by atoms with Gasteiger partial charge in [-0.3, -0.25) is 24.2 Å². The van der Waals surface area contributed by atoms with Gasteiger partial charge in [0.2, 0.25) is 5.91 Å². The van der Waals surface area contributed by atoms with Crippen LogP contribution in [-0.4, -0.2) is 53.7 Å². The predicted octanol–water partition coefficient (Wildman–Crippen LogP) is 3.18. The predicted molar refractivity (Wildman–Crippen MR) is 116 cm³/mol. The van der Waals surface area contributed by atoms with Crippen LogP contribution in [0, 0.1) is 6.92 Å². The second kappa shape index (κ2) is 9.67. The van der Waals surface area contributed by atoms with E-state index >= 15 is 0 Å². The lowest BCUT2D eigenvalue weighted by molar-refractivity contribution is -0.121. The van der Waals surface area contributed by atoms with Crippen LogP contribution in [0.15, 0.2) is 48.5 Å². The van der Waals surface area contributed by atoms with Crippen LogP contribution in [0.1, 0.15) is 58.2 Å². The highest BCUT2D eigenvalue weighted by atomic mass is 16.2. The van der Waals surface area contributed by atoms with E-state index in [0.29, 0.717) is 17.7 Å². The first-order valence-corrected chi connectivity index (χ1v) is 10.5. The molecule has 6 nitrogen and oxygen atoms in total. The average molecular weight is 408 g/mol. The number of hydrogen-bond acceptors (Lipinski definition) is 4. The Morgan fingerprint density at radius 1 is 1.00 bits per heavy atom. The van der Waals surface area contributed by atoms with Gasteiger partial charge in [0.25, 0.3) is 11.8 Å². The Hall–Kier alpha value is -2.99. The molecule has 30 heavy (non-hydrogen) atoms. The monoisotopic (exact) mass is 407 g/mol. The molecular weight excluding hydrogens is 378 g/mol. The smallest absolute Gasteiger partial charge is 0.261 e.